The summed E-state index contributed by atoms with van der Waals surface area (Å²) in [6, 6.07) is 18.9. The lowest BCUT2D eigenvalue weighted by molar-refractivity contribution is -0.122. The molecule has 0 radical (unpaired) electrons. The molecule has 0 aromatic heterocycles. The number of rotatable bonds is 5. The van der Waals surface area contributed by atoms with E-state index in [9.17, 15) is 4.79 Å². The van der Waals surface area contributed by atoms with E-state index in [1.807, 2.05) is 36.4 Å². The molecule has 3 aromatic carbocycles. The number of carbonyl (C=O) groups excluding carboxylic acids is 1. The van der Waals surface area contributed by atoms with Crippen LogP contribution in [0.2, 0.25) is 5.02 Å². The fraction of sp³-hybridized carbons (Fsp3) is 0.182. The molecular weight excluding hydrogens is 388 g/mol. The number of hydrogen-bond donors (Lipinski definition) is 3. The van der Waals surface area contributed by atoms with Gasteiger partial charge in [-0.2, -0.15) is 5.10 Å². The number of nitrogens with one attached hydrogen (secondary N) is 3. The number of halogens is 1. The Labute approximate surface area is 173 Å². The summed E-state index contributed by atoms with van der Waals surface area (Å²) in [5.41, 5.74) is 10.7. The van der Waals surface area contributed by atoms with Gasteiger partial charge in [-0.3, -0.25) is 4.79 Å². The lowest BCUT2D eigenvalue weighted by Crippen LogP contribution is -2.41. The van der Waals surface area contributed by atoms with E-state index >= 15 is 0 Å². The highest BCUT2D eigenvalue weighted by Gasteiger charge is 2.32. The molecular formula is C22H21ClN4O2. The molecule has 0 saturated carbocycles. The van der Waals surface area contributed by atoms with Crippen LogP contribution in [-0.4, -0.2) is 25.3 Å². The van der Waals surface area contributed by atoms with Gasteiger partial charge in [0.2, 0.25) is 0 Å². The molecule has 0 bridgehead atoms. The minimum absolute atomic E-state index is 0.0660. The van der Waals surface area contributed by atoms with Crippen molar-refractivity contribution in [1.29, 1.82) is 0 Å². The molecule has 3 N–H and O–H groups in total. The standard InChI is InChI=1S/C22H21ClN4O2/c1-29-20-10-9-15-6-2-3-8-17(15)21(20)18-12-19(26-25-18)22(28)27-24-13-14-5-4-7-16(23)11-14/h2-11,13,18-19,25-26H,12H2,1H3,(H,27,28)/b24-13+. The zero-order valence-corrected chi connectivity index (χ0v) is 16.6. The first-order valence-electron chi connectivity index (χ1n) is 9.31. The van der Waals surface area contributed by atoms with Crippen molar-refractivity contribution < 1.29 is 9.53 Å². The third-order valence-electron chi connectivity index (χ3n) is 4.96. The van der Waals surface area contributed by atoms with Crippen molar-refractivity contribution in [3.8, 4) is 5.75 Å². The van der Waals surface area contributed by atoms with Crippen molar-refractivity contribution in [1.82, 2.24) is 16.3 Å². The lowest BCUT2D eigenvalue weighted by atomic mass is 9.95. The van der Waals surface area contributed by atoms with Gasteiger partial charge in [0.15, 0.2) is 0 Å². The number of fused-ring (bicyclic) bond motifs is 1. The summed E-state index contributed by atoms with van der Waals surface area (Å²) in [5, 5.41) is 6.88. The van der Waals surface area contributed by atoms with Crippen molar-refractivity contribution in [2.24, 2.45) is 5.10 Å². The Balaban J connectivity index is 1.47. The van der Waals surface area contributed by atoms with Gasteiger partial charge >= 0.3 is 0 Å². The minimum Gasteiger partial charge on any atom is -0.496 e. The Bertz CT molecular complexity index is 1070. The Morgan fingerprint density at radius 2 is 2.03 bits per heavy atom. The number of methoxy groups -OCH3 is 1. The van der Waals surface area contributed by atoms with Crippen molar-refractivity contribution in [3.05, 3.63) is 76.8 Å². The Morgan fingerprint density at radius 1 is 1.17 bits per heavy atom. The smallest absolute Gasteiger partial charge is 0.258 e. The SMILES string of the molecule is COc1ccc2ccccc2c1C1CC(C(=O)N/N=C/c2cccc(Cl)c2)NN1. The molecule has 148 valence electrons. The summed E-state index contributed by atoms with van der Waals surface area (Å²) >= 11 is 5.95. The highest BCUT2D eigenvalue weighted by atomic mass is 35.5. The maximum Gasteiger partial charge on any atom is 0.258 e. The molecule has 2 atom stereocenters. The highest BCUT2D eigenvalue weighted by Crippen LogP contribution is 2.36. The third kappa shape index (κ3) is 4.24. The van der Waals surface area contributed by atoms with Crippen LogP contribution in [0.5, 0.6) is 5.75 Å². The summed E-state index contributed by atoms with van der Waals surface area (Å²) in [7, 11) is 1.66. The topological polar surface area (TPSA) is 74.8 Å². The van der Waals surface area contributed by atoms with Crippen molar-refractivity contribution in [2.45, 2.75) is 18.5 Å². The summed E-state index contributed by atoms with van der Waals surface area (Å²) in [4.78, 5) is 12.5. The third-order valence-corrected chi connectivity index (χ3v) is 5.19. The molecule has 1 heterocycles. The Kier molecular flexibility index (Phi) is 5.76. The zero-order valence-electron chi connectivity index (χ0n) is 15.9. The highest BCUT2D eigenvalue weighted by molar-refractivity contribution is 6.30. The number of benzene rings is 3. The lowest BCUT2D eigenvalue weighted by Gasteiger charge is -2.17. The van der Waals surface area contributed by atoms with Crippen LogP contribution in [0, 0.1) is 0 Å². The molecule has 1 aliphatic heterocycles. The fourth-order valence-corrected chi connectivity index (χ4v) is 3.76. The van der Waals surface area contributed by atoms with Crippen LogP contribution in [0.4, 0.5) is 0 Å². The Morgan fingerprint density at radius 3 is 2.86 bits per heavy atom. The molecule has 3 aromatic rings. The number of hydrogen-bond acceptors (Lipinski definition) is 5. The van der Waals surface area contributed by atoms with Gasteiger partial charge in [0.25, 0.3) is 5.91 Å². The second-order valence-corrected chi connectivity index (χ2v) is 7.26. The van der Waals surface area contributed by atoms with Crippen LogP contribution in [0.25, 0.3) is 10.8 Å². The van der Waals surface area contributed by atoms with Crippen LogP contribution < -0.4 is 21.0 Å². The second-order valence-electron chi connectivity index (χ2n) is 6.82. The quantitative estimate of drug-likeness (QED) is 0.445. The van der Waals surface area contributed by atoms with Crippen LogP contribution in [0.3, 0.4) is 0 Å². The van der Waals surface area contributed by atoms with Gasteiger partial charge in [0, 0.05) is 10.6 Å². The molecule has 1 fully saturated rings. The molecule has 4 rings (SSSR count). The number of hydrazone groups is 1. The molecule has 7 heteroatoms. The van der Waals surface area contributed by atoms with E-state index in [-0.39, 0.29) is 11.9 Å². The average Bonchev–Trinajstić information content (AvgIpc) is 3.23. The number of hydrazine groups is 1. The summed E-state index contributed by atoms with van der Waals surface area (Å²) in [6.45, 7) is 0. The number of amides is 1. The predicted molar refractivity (Wildman–Crippen MR) is 115 cm³/mol. The first kappa shape index (κ1) is 19.4. The normalized spacial score (nSPS) is 19.0. The first-order valence-corrected chi connectivity index (χ1v) is 9.68. The van der Waals surface area contributed by atoms with Gasteiger partial charge in [-0.05, 0) is 41.0 Å². The van der Waals surface area contributed by atoms with Gasteiger partial charge < -0.3 is 4.74 Å². The van der Waals surface area contributed by atoms with E-state index in [4.69, 9.17) is 16.3 Å². The van der Waals surface area contributed by atoms with Crippen molar-refractivity contribution >= 4 is 34.5 Å². The monoisotopic (exact) mass is 408 g/mol. The number of ether oxygens (including phenoxy) is 1. The molecule has 1 aliphatic rings. The largest absolute Gasteiger partial charge is 0.496 e. The first-order chi connectivity index (χ1) is 14.2. The van der Waals surface area contributed by atoms with Crippen molar-refractivity contribution in [2.75, 3.05) is 7.11 Å². The van der Waals surface area contributed by atoms with Gasteiger partial charge in [-0.1, -0.05) is 54.1 Å². The van der Waals surface area contributed by atoms with Crippen molar-refractivity contribution in [3.63, 3.8) is 0 Å². The van der Waals surface area contributed by atoms with Crippen LogP contribution in [0.1, 0.15) is 23.6 Å². The maximum absolute atomic E-state index is 12.5. The van der Waals surface area contributed by atoms with E-state index in [1.54, 1.807) is 25.5 Å². The van der Waals surface area contributed by atoms with Crippen LogP contribution in [-0.2, 0) is 4.79 Å². The molecule has 2 unspecified atom stereocenters. The number of nitrogens with zero attached hydrogens (tertiary/aromatic N) is 1. The van der Waals surface area contributed by atoms with Gasteiger partial charge in [0.05, 0.1) is 19.4 Å². The molecule has 0 spiro atoms. The summed E-state index contributed by atoms with van der Waals surface area (Å²) in [6.07, 6.45) is 2.14. The number of carbonyl (C=O) groups is 1. The molecule has 1 amide bonds. The van der Waals surface area contributed by atoms with E-state index in [1.165, 1.54) is 0 Å². The minimum atomic E-state index is -0.416. The average molecular weight is 409 g/mol. The second kappa shape index (κ2) is 8.61. The Hall–Kier alpha value is -2.93. The maximum atomic E-state index is 12.5. The molecule has 1 saturated heterocycles. The van der Waals surface area contributed by atoms with E-state index < -0.39 is 6.04 Å². The van der Waals surface area contributed by atoms with Gasteiger partial charge in [0.1, 0.15) is 11.8 Å². The van der Waals surface area contributed by atoms with Crippen LogP contribution >= 0.6 is 11.6 Å². The zero-order chi connectivity index (χ0) is 20.2. The molecule has 0 aliphatic carbocycles. The van der Waals surface area contributed by atoms with Crippen LogP contribution in [0.15, 0.2) is 65.8 Å². The van der Waals surface area contributed by atoms with Gasteiger partial charge in [-0.25, -0.2) is 16.3 Å². The van der Waals surface area contributed by atoms with E-state index in [0.29, 0.717) is 11.4 Å². The predicted octanol–water partition coefficient (Wildman–Crippen LogP) is 3.56. The summed E-state index contributed by atoms with van der Waals surface area (Å²) in [5.74, 6) is 0.584. The van der Waals surface area contributed by atoms with Gasteiger partial charge in [-0.15, -0.1) is 0 Å². The molecule has 6 nitrogen and oxygen atoms in total. The van der Waals surface area contributed by atoms with E-state index in [2.05, 4.69) is 33.5 Å². The summed E-state index contributed by atoms with van der Waals surface area (Å²) < 4.78 is 5.58. The fourth-order valence-electron chi connectivity index (χ4n) is 3.57. The van der Waals surface area contributed by atoms with E-state index in [0.717, 1.165) is 27.6 Å². The molecule has 29 heavy (non-hydrogen) atoms.